The van der Waals surface area contributed by atoms with Gasteiger partial charge in [0.1, 0.15) is 0 Å². The molecule has 8 heteroatoms. The van der Waals surface area contributed by atoms with Gasteiger partial charge in [0, 0.05) is 25.8 Å². The molecule has 0 unspecified atom stereocenters. The molecule has 0 fully saturated rings. The Morgan fingerprint density at radius 2 is 1.64 bits per heavy atom. The van der Waals surface area contributed by atoms with Gasteiger partial charge in [-0.05, 0) is 24.3 Å². The van der Waals surface area contributed by atoms with Gasteiger partial charge in [-0.3, -0.25) is 14.3 Å². The number of carbonyl (C=O) groups is 2. The van der Waals surface area contributed by atoms with E-state index in [1.807, 2.05) is 6.92 Å². The van der Waals surface area contributed by atoms with Crippen molar-refractivity contribution in [1.82, 2.24) is 4.72 Å². The second-order valence-electron chi connectivity index (χ2n) is 3.58. The average molecular weight is 323 g/mol. The van der Waals surface area contributed by atoms with Crippen molar-refractivity contribution in [3.05, 3.63) is 36.4 Å². The molecule has 0 bridgehead atoms. The van der Waals surface area contributed by atoms with Gasteiger partial charge in [-0.1, -0.05) is 19.7 Å². The van der Waals surface area contributed by atoms with Crippen LogP contribution in [-0.2, 0) is 14.4 Å². The minimum Gasteiger partial charge on any atom is -0.400 e. The zero-order valence-electron chi connectivity index (χ0n) is 12.2. The highest BCUT2D eigenvalue weighted by atomic mass is 32.1. The van der Waals surface area contributed by atoms with Crippen LogP contribution in [0, 0.1) is 0 Å². The van der Waals surface area contributed by atoms with Crippen LogP contribution in [0.3, 0.4) is 0 Å². The number of hydrogen-bond donors (Lipinski definition) is 3. The van der Waals surface area contributed by atoms with Crippen molar-refractivity contribution in [3.8, 4) is 0 Å². The largest absolute Gasteiger partial charge is 0.400 e. The maximum Gasteiger partial charge on any atom is 0.258 e. The van der Waals surface area contributed by atoms with Crippen LogP contribution in [0.15, 0.2) is 41.4 Å². The number of aliphatic hydroxyl groups is 1. The van der Waals surface area contributed by atoms with Crippen LogP contribution in [0.4, 0.5) is 11.4 Å². The molecule has 0 saturated carbocycles. The number of nitrogens with zero attached hydrogens (tertiary/aromatic N) is 2. The zero-order chi connectivity index (χ0) is 17.0. The van der Waals surface area contributed by atoms with Crippen molar-refractivity contribution in [1.29, 1.82) is 0 Å². The first-order valence-electron chi connectivity index (χ1n) is 6.19. The number of carbonyl (C=O) groups excluding carboxylic acids is 3. The second-order valence-corrected chi connectivity index (χ2v) is 3.89. The molecular weight excluding hydrogens is 306 g/mol. The summed E-state index contributed by atoms with van der Waals surface area (Å²) in [6, 6.07) is 6.14. The molecule has 1 aliphatic heterocycles. The maximum absolute atomic E-state index is 11.3. The predicted molar refractivity (Wildman–Crippen MR) is 86.7 cm³/mol. The molecule has 0 aliphatic carbocycles. The molecule has 0 atom stereocenters. The van der Waals surface area contributed by atoms with Gasteiger partial charge in [-0.15, -0.1) is 0 Å². The van der Waals surface area contributed by atoms with E-state index in [9.17, 15) is 14.4 Å². The van der Waals surface area contributed by atoms with Gasteiger partial charge in [0.15, 0.2) is 0 Å². The number of nitrogens with one attached hydrogen (secondary N) is 1. The van der Waals surface area contributed by atoms with Gasteiger partial charge in [0.25, 0.3) is 11.8 Å². The highest BCUT2D eigenvalue weighted by Crippen LogP contribution is 2.22. The molecule has 0 radical (unpaired) electrons. The lowest BCUT2D eigenvalue weighted by Crippen LogP contribution is -2.29. The molecule has 0 saturated heterocycles. The molecule has 2 rings (SSSR count). The maximum atomic E-state index is 11.3. The third kappa shape index (κ3) is 6.02. The average Bonchev–Trinajstić information content (AvgIpc) is 2.90. The Labute approximate surface area is 133 Å². The van der Waals surface area contributed by atoms with Crippen LogP contribution in [0.2, 0.25) is 0 Å². The second kappa shape index (κ2) is 11.4. The number of aliphatic hydroxyl groups excluding tert-OH is 1. The standard InChI is InChI=1S/C11H6N2O3.C2H7NS.CH4O/c14-7-12-8-1-3-9(4-2-8)13-10(15)5-6-11(13)16;1-2-3-4;1-2/h1-6H;3-4H,2H2,1H3;2H,1H3. The number of benzene rings is 1. The van der Waals surface area contributed by atoms with E-state index in [0.29, 0.717) is 11.4 Å². The molecule has 2 amide bonds. The molecular formula is C14H17N3O4S. The smallest absolute Gasteiger partial charge is 0.258 e. The number of aliphatic imine (C=N–C) groups is 1. The van der Waals surface area contributed by atoms with Crippen molar-refractivity contribution < 1.29 is 19.5 Å². The Morgan fingerprint density at radius 1 is 1.18 bits per heavy atom. The van der Waals surface area contributed by atoms with Crippen LogP contribution in [0.1, 0.15) is 6.92 Å². The van der Waals surface area contributed by atoms with Crippen molar-refractivity contribution in [2.24, 2.45) is 4.99 Å². The number of thiol groups is 1. The van der Waals surface area contributed by atoms with Gasteiger partial charge < -0.3 is 5.11 Å². The summed E-state index contributed by atoms with van der Waals surface area (Å²) in [7, 11) is 1.00. The van der Waals surface area contributed by atoms with E-state index < -0.39 is 0 Å². The van der Waals surface area contributed by atoms with Crippen molar-refractivity contribution >= 4 is 42.1 Å². The van der Waals surface area contributed by atoms with E-state index in [0.717, 1.165) is 18.6 Å². The van der Waals surface area contributed by atoms with E-state index in [1.165, 1.54) is 30.4 Å². The van der Waals surface area contributed by atoms with Crippen molar-refractivity contribution in [3.63, 3.8) is 0 Å². The van der Waals surface area contributed by atoms with Crippen LogP contribution in [-0.4, -0.2) is 36.7 Å². The van der Waals surface area contributed by atoms with E-state index >= 15 is 0 Å². The fourth-order valence-electron chi connectivity index (χ4n) is 1.38. The normalized spacial score (nSPS) is 11.9. The van der Waals surface area contributed by atoms with E-state index in [4.69, 9.17) is 5.11 Å². The van der Waals surface area contributed by atoms with Gasteiger partial charge in [0.2, 0.25) is 6.08 Å². The third-order valence-electron chi connectivity index (χ3n) is 2.25. The number of amides is 2. The number of hydrogen-bond acceptors (Lipinski definition) is 7. The Morgan fingerprint density at radius 3 is 2.00 bits per heavy atom. The number of rotatable bonds is 3. The Bertz CT molecular complexity index is 546. The van der Waals surface area contributed by atoms with Crippen molar-refractivity contribution in [2.45, 2.75) is 6.92 Å². The van der Waals surface area contributed by atoms with Gasteiger partial charge in [-0.25, -0.2) is 9.69 Å². The fraction of sp³-hybridized carbons (Fsp3) is 0.214. The molecule has 1 heterocycles. The van der Waals surface area contributed by atoms with Crippen LogP contribution in [0.25, 0.3) is 0 Å². The summed E-state index contributed by atoms with van der Waals surface area (Å²) >= 11 is 3.67. The lowest BCUT2D eigenvalue weighted by atomic mass is 10.2. The summed E-state index contributed by atoms with van der Waals surface area (Å²) in [5.74, 6) is -0.756. The SMILES string of the molecule is CCNS.CO.O=C=Nc1ccc(N2C(=O)C=CC2=O)cc1. The molecule has 2 N–H and O–H groups in total. The van der Waals surface area contributed by atoms with E-state index in [-0.39, 0.29) is 11.8 Å². The first kappa shape index (κ1) is 19.8. The summed E-state index contributed by atoms with van der Waals surface area (Å²) in [5, 5.41) is 7.00. The number of isocyanates is 1. The first-order chi connectivity index (χ1) is 10.6. The highest BCUT2D eigenvalue weighted by Gasteiger charge is 2.24. The molecule has 1 aliphatic rings. The molecule has 22 heavy (non-hydrogen) atoms. The topological polar surface area (TPSA) is 99.1 Å². The Kier molecular flexibility index (Phi) is 10.2. The summed E-state index contributed by atoms with van der Waals surface area (Å²) in [5.41, 5.74) is 0.871. The molecule has 0 aromatic heterocycles. The molecule has 0 spiro atoms. The predicted octanol–water partition coefficient (Wildman–Crippen LogP) is 1.13. The summed E-state index contributed by atoms with van der Waals surface area (Å²) in [6.45, 7) is 2.93. The zero-order valence-corrected chi connectivity index (χ0v) is 13.1. The van der Waals surface area contributed by atoms with Gasteiger partial charge >= 0.3 is 0 Å². The Hall–Kier alpha value is -2.25. The first-order valence-corrected chi connectivity index (χ1v) is 6.64. The van der Waals surface area contributed by atoms with Crippen LogP contribution >= 0.6 is 12.8 Å². The van der Waals surface area contributed by atoms with Crippen molar-refractivity contribution in [2.75, 3.05) is 18.6 Å². The molecule has 1 aromatic rings. The molecule has 1 aromatic carbocycles. The fourth-order valence-corrected chi connectivity index (χ4v) is 1.38. The van der Waals surface area contributed by atoms with Crippen LogP contribution < -0.4 is 9.62 Å². The minimum absolute atomic E-state index is 0.378. The monoisotopic (exact) mass is 323 g/mol. The van der Waals surface area contributed by atoms with Gasteiger partial charge in [0.05, 0.1) is 11.4 Å². The number of imide groups is 1. The lowest BCUT2D eigenvalue weighted by Gasteiger charge is -2.13. The molecule has 118 valence electrons. The van der Waals surface area contributed by atoms with Gasteiger partial charge in [-0.2, -0.15) is 4.99 Å². The lowest BCUT2D eigenvalue weighted by molar-refractivity contribution is -0.119. The van der Waals surface area contributed by atoms with E-state index in [2.05, 4.69) is 22.5 Å². The third-order valence-corrected chi connectivity index (χ3v) is 2.57. The summed E-state index contributed by atoms with van der Waals surface area (Å²) in [4.78, 5) is 37.1. The minimum atomic E-state index is -0.378. The Balaban J connectivity index is 0.000000640. The summed E-state index contributed by atoms with van der Waals surface area (Å²) in [6.07, 6.45) is 3.82. The molecule has 7 nitrogen and oxygen atoms in total. The van der Waals surface area contributed by atoms with E-state index in [1.54, 1.807) is 12.1 Å². The summed E-state index contributed by atoms with van der Waals surface area (Å²) < 4.78 is 2.62. The quantitative estimate of drug-likeness (QED) is 0.335. The van der Waals surface area contributed by atoms with Crippen LogP contribution in [0.5, 0.6) is 0 Å². The highest BCUT2D eigenvalue weighted by molar-refractivity contribution is 7.78. The number of anilines is 1.